The Morgan fingerprint density at radius 2 is 1.94 bits per heavy atom. The number of methoxy groups -OCH3 is 1. The van der Waals surface area contributed by atoms with Gasteiger partial charge in [0.1, 0.15) is 0 Å². The van der Waals surface area contributed by atoms with Crippen LogP contribution in [0.1, 0.15) is 31.7 Å². The molecule has 0 saturated carbocycles. The van der Waals surface area contributed by atoms with Crippen LogP contribution in [-0.2, 0) is 4.74 Å². The molecule has 0 heterocycles. The Kier molecular flexibility index (Phi) is 7.33. The summed E-state index contributed by atoms with van der Waals surface area (Å²) in [5.74, 6) is 0.953. The average Bonchev–Trinajstić information content (AvgIpc) is 2.36. The Morgan fingerprint density at radius 1 is 1.28 bits per heavy atom. The van der Waals surface area contributed by atoms with Crippen molar-refractivity contribution in [2.75, 3.05) is 26.8 Å². The molecule has 0 aliphatic rings. The molecule has 0 amide bonds. The number of halogens is 1. The Balaban J connectivity index is 2.72. The van der Waals surface area contributed by atoms with Crippen molar-refractivity contribution < 1.29 is 4.74 Å². The lowest BCUT2D eigenvalue weighted by Gasteiger charge is -2.24. The number of rotatable bonds is 8. The second-order valence-electron chi connectivity index (χ2n) is 4.79. The standard InChI is InChI=1S/C15H24ClNO/c1-4-9-17-10-15(12(2)11-18-3)13-5-7-14(16)8-6-13/h5-8,12,15,17H,4,9-11H2,1-3H3. The van der Waals surface area contributed by atoms with Crippen molar-refractivity contribution >= 4 is 11.6 Å². The fourth-order valence-corrected chi connectivity index (χ4v) is 2.30. The molecule has 1 aromatic carbocycles. The van der Waals surface area contributed by atoms with Crippen LogP contribution in [0.4, 0.5) is 0 Å². The minimum Gasteiger partial charge on any atom is -0.384 e. The van der Waals surface area contributed by atoms with E-state index in [1.807, 2.05) is 12.1 Å². The van der Waals surface area contributed by atoms with Gasteiger partial charge in [0, 0.05) is 31.2 Å². The highest BCUT2D eigenvalue weighted by atomic mass is 35.5. The first-order valence-electron chi connectivity index (χ1n) is 6.64. The predicted octanol–water partition coefficient (Wildman–Crippen LogP) is 3.71. The number of benzene rings is 1. The highest BCUT2D eigenvalue weighted by Crippen LogP contribution is 2.25. The van der Waals surface area contributed by atoms with E-state index in [4.69, 9.17) is 16.3 Å². The van der Waals surface area contributed by atoms with Crippen molar-refractivity contribution in [3.8, 4) is 0 Å². The third kappa shape index (κ3) is 4.97. The van der Waals surface area contributed by atoms with Gasteiger partial charge in [-0.3, -0.25) is 0 Å². The molecule has 102 valence electrons. The van der Waals surface area contributed by atoms with Gasteiger partial charge < -0.3 is 10.1 Å². The quantitative estimate of drug-likeness (QED) is 0.727. The summed E-state index contributed by atoms with van der Waals surface area (Å²) in [4.78, 5) is 0. The topological polar surface area (TPSA) is 21.3 Å². The van der Waals surface area contributed by atoms with E-state index in [2.05, 4.69) is 31.3 Å². The van der Waals surface area contributed by atoms with E-state index in [-0.39, 0.29) is 0 Å². The molecular weight excluding hydrogens is 246 g/mol. The van der Waals surface area contributed by atoms with Crippen LogP contribution in [-0.4, -0.2) is 26.8 Å². The SMILES string of the molecule is CCCNCC(c1ccc(Cl)cc1)C(C)COC. The predicted molar refractivity (Wildman–Crippen MR) is 78.4 cm³/mol. The lowest BCUT2D eigenvalue weighted by molar-refractivity contribution is 0.146. The van der Waals surface area contributed by atoms with Crippen molar-refractivity contribution in [2.24, 2.45) is 5.92 Å². The fraction of sp³-hybridized carbons (Fsp3) is 0.600. The normalized spacial score (nSPS) is 14.4. The summed E-state index contributed by atoms with van der Waals surface area (Å²) in [6.45, 7) is 7.24. The van der Waals surface area contributed by atoms with Crippen LogP contribution in [0.5, 0.6) is 0 Å². The van der Waals surface area contributed by atoms with E-state index in [0.29, 0.717) is 11.8 Å². The van der Waals surface area contributed by atoms with Crippen molar-refractivity contribution in [2.45, 2.75) is 26.2 Å². The Labute approximate surface area is 116 Å². The van der Waals surface area contributed by atoms with Crippen molar-refractivity contribution in [3.05, 3.63) is 34.9 Å². The Morgan fingerprint density at radius 3 is 2.50 bits per heavy atom. The summed E-state index contributed by atoms with van der Waals surface area (Å²) in [7, 11) is 1.76. The lowest BCUT2D eigenvalue weighted by Crippen LogP contribution is -2.28. The van der Waals surface area contributed by atoms with Crippen molar-refractivity contribution in [1.29, 1.82) is 0 Å². The molecule has 3 heteroatoms. The number of ether oxygens (including phenoxy) is 1. The van der Waals surface area contributed by atoms with Crippen molar-refractivity contribution in [1.82, 2.24) is 5.32 Å². The van der Waals surface area contributed by atoms with Crippen LogP contribution in [0.15, 0.2) is 24.3 Å². The molecule has 1 N–H and O–H groups in total. The van der Waals surface area contributed by atoms with Gasteiger partial charge in [-0.1, -0.05) is 37.6 Å². The molecule has 1 rings (SSSR count). The zero-order chi connectivity index (χ0) is 13.4. The first-order chi connectivity index (χ1) is 8.69. The molecule has 0 fully saturated rings. The number of hydrogen-bond acceptors (Lipinski definition) is 2. The molecule has 0 aromatic heterocycles. The highest BCUT2D eigenvalue weighted by Gasteiger charge is 2.18. The molecule has 0 saturated heterocycles. The molecule has 0 spiro atoms. The van der Waals surface area contributed by atoms with Gasteiger partial charge in [-0.05, 0) is 36.6 Å². The molecule has 0 aliphatic carbocycles. The van der Waals surface area contributed by atoms with E-state index >= 15 is 0 Å². The third-order valence-electron chi connectivity index (χ3n) is 3.21. The Hall–Kier alpha value is -0.570. The van der Waals surface area contributed by atoms with E-state index < -0.39 is 0 Å². The van der Waals surface area contributed by atoms with E-state index in [1.165, 1.54) is 5.56 Å². The van der Waals surface area contributed by atoms with Gasteiger partial charge in [-0.25, -0.2) is 0 Å². The third-order valence-corrected chi connectivity index (χ3v) is 3.46. The van der Waals surface area contributed by atoms with Gasteiger partial charge in [0.25, 0.3) is 0 Å². The molecule has 0 radical (unpaired) electrons. The molecule has 2 nitrogen and oxygen atoms in total. The summed E-state index contributed by atoms with van der Waals surface area (Å²) < 4.78 is 5.28. The summed E-state index contributed by atoms with van der Waals surface area (Å²) in [5, 5.41) is 4.29. The van der Waals surface area contributed by atoms with E-state index in [1.54, 1.807) is 7.11 Å². The smallest absolute Gasteiger partial charge is 0.0494 e. The van der Waals surface area contributed by atoms with Crippen molar-refractivity contribution in [3.63, 3.8) is 0 Å². The summed E-state index contributed by atoms with van der Waals surface area (Å²) in [5.41, 5.74) is 1.33. The van der Waals surface area contributed by atoms with Crippen LogP contribution >= 0.6 is 11.6 Å². The summed E-state index contributed by atoms with van der Waals surface area (Å²) in [6, 6.07) is 8.16. The molecular formula is C15H24ClNO. The highest BCUT2D eigenvalue weighted by molar-refractivity contribution is 6.30. The van der Waals surface area contributed by atoms with E-state index in [0.717, 1.165) is 31.1 Å². The Bertz CT molecular complexity index is 326. The van der Waals surface area contributed by atoms with Gasteiger partial charge in [0.15, 0.2) is 0 Å². The second kappa shape index (κ2) is 8.52. The summed E-state index contributed by atoms with van der Waals surface area (Å²) in [6.07, 6.45) is 1.16. The van der Waals surface area contributed by atoms with Crippen LogP contribution < -0.4 is 5.32 Å². The average molecular weight is 270 g/mol. The van der Waals surface area contributed by atoms with Crippen LogP contribution in [0.3, 0.4) is 0 Å². The maximum atomic E-state index is 5.94. The minimum absolute atomic E-state index is 0.466. The first-order valence-corrected chi connectivity index (χ1v) is 7.02. The monoisotopic (exact) mass is 269 g/mol. The van der Waals surface area contributed by atoms with E-state index in [9.17, 15) is 0 Å². The zero-order valence-electron chi connectivity index (χ0n) is 11.6. The molecule has 18 heavy (non-hydrogen) atoms. The van der Waals surface area contributed by atoms with Gasteiger partial charge in [-0.2, -0.15) is 0 Å². The maximum Gasteiger partial charge on any atom is 0.0494 e. The largest absolute Gasteiger partial charge is 0.384 e. The minimum atomic E-state index is 0.466. The molecule has 0 aliphatic heterocycles. The maximum absolute atomic E-state index is 5.94. The van der Waals surface area contributed by atoms with Gasteiger partial charge in [0.2, 0.25) is 0 Å². The number of nitrogens with one attached hydrogen (secondary N) is 1. The zero-order valence-corrected chi connectivity index (χ0v) is 12.3. The summed E-state index contributed by atoms with van der Waals surface area (Å²) >= 11 is 5.94. The van der Waals surface area contributed by atoms with Crippen LogP contribution in [0.2, 0.25) is 5.02 Å². The fourth-order valence-electron chi connectivity index (χ4n) is 2.17. The molecule has 2 unspecified atom stereocenters. The molecule has 0 bridgehead atoms. The first kappa shape index (κ1) is 15.5. The van der Waals surface area contributed by atoms with Gasteiger partial charge in [-0.15, -0.1) is 0 Å². The van der Waals surface area contributed by atoms with Gasteiger partial charge >= 0.3 is 0 Å². The number of hydrogen-bond donors (Lipinski definition) is 1. The van der Waals surface area contributed by atoms with Crippen LogP contribution in [0.25, 0.3) is 0 Å². The lowest BCUT2D eigenvalue weighted by atomic mass is 9.87. The van der Waals surface area contributed by atoms with Crippen LogP contribution in [0, 0.1) is 5.92 Å². The van der Waals surface area contributed by atoms with Gasteiger partial charge in [0.05, 0.1) is 0 Å². The molecule has 2 atom stereocenters. The molecule has 1 aromatic rings. The second-order valence-corrected chi connectivity index (χ2v) is 5.23.